The Morgan fingerprint density at radius 1 is 1.23 bits per heavy atom. The van der Waals surface area contributed by atoms with Crippen molar-refractivity contribution in [2.75, 3.05) is 24.5 Å². The molecule has 3 amide bonds. The molecule has 1 atom stereocenters. The summed E-state index contributed by atoms with van der Waals surface area (Å²) in [5.74, 6) is -0.765. The lowest BCUT2D eigenvalue weighted by molar-refractivity contribution is -0.126. The van der Waals surface area contributed by atoms with Crippen LogP contribution in [0.1, 0.15) is 13.3 Å². The standard InChI is InChI=1S/C15H18ClN3O3/c1-10(20)17-6-7-18-15(22)11-8-14(21)19(9-11)13-4-2-12(16)3-5-13/h2-5,11H,6-9H2,1H3,(H,17,20)(H,18,22)/t11-/m0/s1. The summed E-state index contributed by atoms with van der Waals surface area (Å²) in [6, 6.07) is 6.95. The molecular weight excluding hydrogens is 306 g/mol. The molecule has 1 fully saturated rings. The van der Waals surface area contributed by atoms with Crippen molar-refractivity contribution in [2.45, 2.75) is 13.3 Å². The number of amides is 3. The topological polar surface area (TPSA) is 78.5 Å². The minimum atomic E-state index is -0.375. The van der Waals surface area contributed by atoms with Crippen molar-refractivity contribution >= 4 is 35.0 Å². The van der Waals surface area contributed by atoms with E-state index < -0.39 is 0 Å². The third-order valence-electron chi connectivity index (χ3n) is 3.43. The minimum Gasteiger partial charge on any atom is -0.355 e. The van der Waals surface area contributed by atoms with Crippen LogP contribution >= 0.6 is 11.6 Å². The van der Waals surface area contributed by atoms with Gasteiger partial charge in [0.05, 0.1) is 5.92 Å². The van der Waals surface area contributed by atoms with Crippen LogP contribution in [0.4, 0.5) is 5.69 Å². The first-order valence-corrected chi connectivity index (χ1v) is 7.43. The summed E-state index contributed by atoms with van der Waals surface area (Å²) in [7, 11) is 0. The van der Waals surface area contributed by atoms with Crippen LogP contribution in [0.3, 0.4) is 0 Å². The van der Waals surface area contributed by atoms with Crippen LogP contribution in [0.25, 0.3) is 0 Å². The number of benzene rings is 1. The van der Waals surface area contributed by atoms with Gasteiger partial charge in [-0.15, -0.1) is 0 Å². The number of carbonyl (C=O) groups is 3. The van der Waals surface area contributed by atoms with Crippen LogP contribution in [0.15, 0.2) is 24.3 Å². The maximum Gasteiger partial charge on any atom is 0.227 e. The highest BCUT2D eigenvalue weighted by atomic mass is 35.5. The molecule has 1 saturated heterocycles. The van der Waals surface area contributed by atoms with Crippen LogP contribution in [0, 0.1) is 5.92 Å². The van der Waals surface area contributed by atoms with Gasteiger partial charge in [0, 0.05) is 43.7 Å². The zero-order valence-corrected chi connectivity index (χ0v) is 13.0. The molecule has 22 heavy (non-hydrogen) atoms. The van der Waals surface area contributed by atoms with E-state index in [0.717, 1.165) is 5.69 Å². The molecule has 6 nitrogen and oxygen atoms in total. The van der Waals surface area contributed by atoms with Gasteiger partial charge in [0.15, 0.2) is 0 Å². The van der Waals surface area contributed by atoms with Crippen LogP contribution < -0.4 is 15.5 Å². The smallest absolute Gasteiger partial charge is 0.227 e. The highest BCUT2D eigenvalue weighted by Gasteiger charge is 2.34. The molecule has 0 aliphatic carbocycles. The van der Waals surface area contributed by atoms with E-state index in [1.54, 1.807) is 29.2 Å². The fourth-order valence-corrected chi connectivity index (χ4v) is 2.45. The molecule has 2 N–H and O–H groups in total. The van der Waals surface area contributed by atoms with Gasteiger partial charge in [0.2, 0.25) is 17.7 Å². The summed E-state index contributed by atoms with van der Waals surface area (Å²) in [4.78, 5) is 36.4. The number of nitrogens with one attached hydrogen (secondary N) is 2. The Morgan fingerprint density at radius 2 is 1.86 bits per heavy atom. The number of anilines is 1. The number of hydrogen-bond acceptors (Lipinski definition) is 3. The monoisotopic (exact) mass is 323 g/mol. The van der Waals surface area contributed by atoms with Gasteiger partial charge in [-0.1, -0.05) is 11.6 Å². The second-order valence-electron chi connectivity index (χ2n) is 5.16. The van der Waals surface area contributed by atoms with E-state index in [0.29, 0.717) is 24.7 Å². The predicted octanol–water partition coefficient (Wildman–Crippen LogP) is 0.945. The Morgan fingerprint density at radius 3 is 2.50 bits per heavy atom. The molecular formula is C15H18ClN3O3. The van der Waals surface area contributed by atoms with Crippen molar-refractivity contribution in [2.24, 2.45) is 5.92 Å². The quantitative estimate of drug-likeness (QED) is 0.792. The summed E-state index contributed by atoms with van der Waals surface area (Å²) in [5.41, 5.74) is 0.739. The number of carbonyl (C=O) groups excluding carboxylic acids is 3. The van der Waals surface area contributed by atoms with E-state index in [-0.39, 0.29) is 30.1 Å². The third-order valence-corrected chi connectivity index (χ3v) is 3.68. The average molecular weight is 324 g/mol. The van der Waals surface area contributed by atoms with Crippen molar-refractivity contribution in [1.82, 2.24) is 10.6 Å². The molecule has 1 aliphatic heterocycles. The average Bonchev–Trinajstić information content (AvgIpc) is 2.86. The van der Waals surface area contributed by atoms with E-state index in [9.17, 15) is 14.4 Å². The van der Waals surface area contributed by atoms with Crippen molar-refractivity contribution in [3.05, 3.63) is 29.3 Å². The normalized spacial score (nSPS) is 17.5. The lowest BCUT2D eigenvalue weighted by atomic mass is 10.1. The van der Waals surface area contributed by atoms with Gasteiger partial charge in [-0.05, 0) is 24.3 Å². The van der Waals surface area contributed by atoms with Crippen LogP contribution in [0.2, 0.25) is 5.02 Å². The Kier molecular flexibility index (Phi) is 5.38. The van der Waals surface area contributed by atoms with Crippen molar-refractivity contribution in [3.63, 3.8) is 0 Å². The molecule has 7 heteroatoms. The third kappa shape index (κ3) is 4.21. The predicted molar refractivity (Wildman–Crippen MR) is 83.6 cm³/mol. The highest BCUT2D eigenvalue weighted by Crippen LogP contribution is 2.26. The van der Waals surface area contributed by atoms with E-state index in [1.165, 1.54) is 6.92 Å². The van der Waals surface area contributed by atoms with E-state index in [2.05, 4.69) is 10.6 Å². The lowest BCUT2D eigenvalue weighted by Gasteiger charge is -2.16. The Balaban J connectivity index is 1.87. The minimum absolute atomic E-state index is 0.0793. The molecule has 0 aromatic heterocycles. The number of halogens is 1. The van der Waals surface area contributed by atoms with Crippen LogP contribution in [0.5, 0.6) is 0 Å². The van der Waals surface area contributed by atoms with Crippen LogP contribution in [-0.4, -0.2) is 37.4 Å². The lowest BCUT2D eigenvalue weighted by Crippen LogP contribution is -2.37. The Hall–Kier alpha value is -2.08. The molecule has 0 spiro atoms. The van der Waals surface area contributed by atoms with Crippen molar-refractivity contribution in [1.29, 1.82) is 0 Å². The molecule has 1 aliphatic rings. The van der Waals surface area contributed by atoms with Gasteiger partial charge in [0.25, 0.3) is 0 Å². The fraction of sp³-hybridized carbons (Fsp3) is 0.400. The van der Waals surface area contributed by atoms with Crippen molar-refractivity contribution in [3.8, 4) is 0 Å². The first kappa shape index (κ1) is 16.3. The number of hydrogen-bond donors (Lipinski definition) is 2. The van der Waals surface area contributed by atoms with Gasteiger partial charge < -0.3 is 15.5 Å². The molecule has 118 valence electrons. The van der Waals surface area contributed by atoms with Gasteiger partial charge in [-0.2, -0.15) is 0 Å². The summed E-state index contributed by atoms with van der Waals surface area (Å²) in [6.45, 7) is 2.50. The van der Waals surface area contributed by atoms with Gasteiger partial charge in [-0.3, -0.25) is 14.4 Å². The van der Waals surface area contributed by atoms with Gasteiger partial charge in [0.1, 0.15) is 0 Å². The maximum absolute atomic E-state index is 12.0. The zero-order valence-electron chi connectivity index (χ0n) is 12.3. The zero-order chi connectivity index (χ0) is 16.1. The maximum atomic E-state index is 12.0. The Labute approximate surface area is 133 Å². The van der Waals surface area contributed by atoms with Gasteiger partial charge >= 0.3 is 0 Å². The molecule has 0 radical (unpaired) electrons. The second-order valence-corrected chi connectivity index (χ2v) is 5.59. The molecule has 1 heterocycles. The largest absolute Gasteiger partial charge is 0.355 e. The summed E-state index contributed by atoms with van der Waals surface area (Å²) >= 11 is 5.83. The van der Waals surface area contributed by atoms with Crippen molar-refractivity contribution < 1.29 is 14.4 Å². The summed E-state index contributed by atoms with van der Waals surface area (Å²) < 4.78 is 0. The highest BCUT2D eigenvalue weighted by molar-refractivity contribution is 6.30. The van der Waals surface area contributed by atoms with E-state index >= 15 is 0 Å². The fourth-order valence-electron chi connectivity index (χ4n) is 2.32. The van der Waals surface area contributed by atoms with Crippen LogP contribution in [-0.2, 0) is 14.4 Å². The first-order valence-electron chi connectivity index (χ1n) is 7.05. The second kappa shape index (κ2) is 7.26. The molecule has 0 bridgehead atoms. The molecule has 0 unspecified atom stereocenters. The molecule has 1 aromatic carbocycles. The van der Waals surface area contributed by atoms with Gasteiger partial charge in [-0.25, -0.2) is 0 Å². The summed E-state index contributed by atoms with van der Waals surface area (Å²) in [6.07, 6.45) is 0.189. The van der Waals surface area contributed by atoms with E-state index in [1.807, 2.05) is 0 Å². The van der Waals surface area contributed by atoms with E-state index in [4.69, 9.17) is 11.6 Å². The Bertz CT molecular complexity index is 574. The molecule has 1 aromatic rings. The molecule has 2 rings (SSSR count). The summed E-state index contributed by atoms with van der Waals surface area (Å²) in [5, 5.41) is 5.92. The number of rotatable bonds is 5. The SMILES string of the molecule is CC(=O)NCCNC(=O)[C@H]1CC(=O)N(c2ccc(Cl)cc2)C1. The first-order chi connectivity index (χ1) is 10.5. The number of nitrogens with zero attached hydrogens (tertiary/aromatic N) is 1. The molecule has 0 saturated carbocycles.